The van der Waals surface area contributed by atoms with E-state index in [4.69, 9.17) is 11.6 Å². The molecule has 0 fully saturated rings. The maximum Gasteiger partial charge on any atom is 0.264 e. The molecule has 0 unspecified atom stereocenters. The number of fused-ring (bicyclic) bond motifs is 1. The Labute approximate surface area is 135 Å². The molecule has 0 aliphatic rings. The largest absolute Gasteiger partial charge is 0.280 e. The SMILES string of the molecule is Cc1cccc(-n2c(C(C)C)cc3cccc(Cl)c3c2=O)c1. The van der Waals surface area contributed by atoms with Gasteiger partial charge in [-0.1, -0.05) is 49.7 Å². The van der Waals surface area contributed by atoms with Crippen LogP contribution in [-0.2, 0) is 0 Å². The van der Waals surface area contributed by atoms with E-state index < -0.39 is 0 Å². The van der Waals surface area contributed by atoms with Crippen LogP contribution in [0.3, 0.4) is 0 Å². The second kappa shape index (κ2) is 5.62. The number of aromatic nitrogens is 1. The van der Waals surface area contributed by atoms with Crippen molar-refractivity contribution < 1.29 is 0 Å². The van der Waals surface area contributed by atoms with E-state index in [1.165, 1.54) is 0 Å². The molecule has 3 aromatic rings. The molecule has 0 saturated carbocycles. The number of hydrogen-bond acceptors (Lipinski definition) is 1. The summed E-state index contributed by atoms with van der Waals surface area (Å²) in [6, 6.07) is 15.6. The Morgan fingerprint density at radius 3 is 2.45 bits per heavy atom. The van der Waals surface area contributed by atoms with E-state index in [0.717, 1.165) is 22.3 Å². The van der Waals surface area contributed by atoms with Gasteiger partial charge in [-0.05, 0) is 48.1 Å². The molecule has 1 heterocycles. The third-order valence-corrected chi connectivity index (χ3v) is 4.19. The fourth-order valence-electron chi connectivity index (χ4n) is 2.80. The Morgan fingerprint density at radius 2 is 1.77 bits per heavy atom. The average molecular weight is 312 g/mol. The summed E-state index contributed by atoms with van der Waals surface area (Å²) in [6.45, 7) is 6.21. The Kier molecular flexibility index (Phi) is 3.79. The van der Waals surface area contributed by atoms with Gasteiger partial charge in [-0.2, -0.15) is 0 Å². The highest BCUT2D eigenvalue weighted by Crippen LogP contribution is 2.26. The van der Waals surface area contributed by atoms with Crippen molar-refractivity contribution in [1.29, 1.82) is 0 Å². The van der Waals surface area contributed by atoms with Crippen LogP contribution in [0.1, 0.15) is 31.0 Å². The number of nitrogens with zero attached hydrogens (tertiary/aromatic N) is 1. The molecular weight excluding hydrogens is 294 g/mol. The van der Waals surface area contributed by atoms with Crippen LogP contribution in [0.25, 0.3) is 16.5 Å². The molecule has 3 heteroatoms. The van der Waals surface area contributed by atoms with Crippen LogP contribution in [-0.4, -0.2) is 4.57 Å². The molecule has 0 aliphatic carbocycles. The number of pyridine rings is 1. The highest BCUT2D eigenvalue weighted by Gasteiger charge is 2.15. The van der Waals surface area contributed by atoms with Gasteiger partial charge >= 0.3 is 0 Å². The number of halogens is 1. The maximum atomic E-state index is 13.1. The first-order valence-corrected chi connectivity index (χ1v) is 7.78. The van der Waals surface area contributed by atoms with Gasteiger partial charge in [0.2, 0.25) is 0 Å². The van der Waals surface area contributed by atoms with Gasteiger partial charge in [0.1, 0.15) is 0 Å². The van der Waals surface area contributed by atoms with Crippen molar-refractivity contribution in [1.82, 2.24) is 4.57 Å². The van der Waals surface area contributed by atoms with Crippen molar-refractivity contribution >= 4 is 22.4 Å². The summed E-state index contributed by atoms with van der Waals surface area (Å²) in [5.41, 5.74) is 2.94. The fourth-order valence-corrected chi connectivity index (χ4v) is 3.06. The zero-order chi connectivity index (χ0) is 15.9. The van der Waals surface area contributed by atoms with Gasteiger partial charge in [-0.25, -0.2) is 0 Å². The van der Waals surface area contributed by atoms with Crippen LogP contribution in [0.5, 0.6) is 0 Å². The lowest BCUT2D eigenvalue weighted by atomic mass is 10.0. The van der Waals surface area contributed by atoms with Gasteiger partial charge in [-0.15, -0.1) is 0 Å². The van der Waals surface area contributed by atoms with Crippen molar-refractivity contribution in [3.63, 3.8) is 0 Å². The van der Waals surface area contributed by atoms with Crippen LogP contribution < -0.4 is 5.56 Å². The molecule has 0 spiro atoms. The van der Waals surface area contributed by atoms with E-state index in [9.17, 15) is 4.79 Å². The van der Waals surface area contributed by atoms with Gasteiger partial charge in [0.05, 0.1) is 10.4 Å². The summed E-state index contributed by atoms with van der Waals surface area (Å²) in [5.74, 6) is 0.233. The lowest BCUT2D eigenvalue weighted by Gasteiger charge is -2.18. The Bertz CT molecular complexity index is 909. The van der Waals surface area contributed by atoms with Crippen molar-refractivity contribution in [2.45, 2.75) is 26.7 Å². The van der Waals surface area contributed by atoms with E-state index >= 15 is 0 Å². The zero-order valence-electron chi connectivity index (χ0n) is 12.9. The normalized spacial score (nSPS) is 11.3. The Hall–Kier alpha value is -2.06. The van der Waals surface area contributed by atoms with Crippen LogP contribution in [0.2, 0.25) is 5.02 Å². The van der Waals surface area contributed by atoms with Crippen molar-refractivity contribution in [2.24, 2.45) is 0 Å². The minimum Gasteiger partial charge on any atom is -0.280 e. The third kappa shape index (κ3) is 2.44. The second-order valence-corrected chi connectivity index (χ2v) is 6.31. The Morgan fingerprint density at radius 1 is 1.05 bits per heavy atom. The molecule has 2 nitrogen and oxygen atoms in total. The topological polar surface area (TPSA) is 22.0 Å². The molecule has 0 radical (unpaired) electrons. The predicted molar refractivity (Wildman–Crippen MR) is 93.4 cm³/mol. The third-order valence-electron chi connectivity index (χ3n) is 3.88. The highest BCUT2D eigenvalue weighted by atomic mass is 35.5. The van der Waals surface area contributed by atoms with E-state index in [-0.39, 0.29) is 11.5 Å². The molecule has 1 aromatic heterocycles. The molecule has 0 atom stereocenters. The molecule has 0 N–H and O–H groups in total. The lowest BCUT2D eigenvalue weighted by molar-refractivity contribution is 0.765. The minimum absolute atomic E-state index is 0.0580. The number of benzene rings is 2. The summed E-state index contributed by atoms with van der Waals surface area (Å²) in [5, 5.41) is 1.97. The van der Waals surface area contributed by atoms with Crippen molar-refractivity contribution in [3.05, 3.63) is 75.2 Å². The van der Waals surface area contributed by atoms with Crippen LogP contribution >= 0.6 is 11.6 Å². The Balaban J connectivity index is 2.46. The molecule has 0 bridgehead atoms. The monoisotopic (exact) mass is 311 g/mol. The summed E-state index contributed by atoms with van der Waals surface area (Å²) >= 11 is 6.27. The van der Waals surface area contributed by atoms with Crippen LogP contribution in [0.15, 0.2) is 53.3 Å². The van der Waals surface area contributed by atoms with Crippen molar-refractivity contribution in [3.8, 4) is 5.69 Å². The zero-order valence-corrected chi connectivity index (χ0v) is 13.7. The quantitative estimate of drug-likeness (QED) is 0.647. The standard InChI is InChI=1S/C19H18ClNO/c1-12(2)17-11-14-7-5-9-16(20)18(14)19(22)21(17)15-8-4-6-13(3)10-15/h4-12H,1-3H3. The summed E-state index contributed by atoms with van der Waals surface area (Å²) in [6.07, 6.45) is 0. The van der Waals surface area contributed by atoms with Gasteiger partial charge in [0.15, 0.2) is 0 Å². The molecule has 0 saturated heterocycles. The fraction of sp³-hybridized carbons (Fsp3) is 0.211. The summed E-state index contributed by atoms with van der Waals surface area (Å²) < 4.78 is 1.78. The number of aryl methyl sites for hydroxylation is 1. The van der Waals surface area contributed by atoms with E-state index in [1.54, 1.807) is 10.6 Å². The first-order valence-electron chi connectivity index (χ1n) is 7.40. The molecule has 2 aromatic carbocycles. The molecule has 3 rings (SSSR count). The predicted octanol–water partition coefficient (Wildman–Crippen LogP) is 5.08. The van der Waals surface area contributed by atoms with Gasteiger partial charge in [0, 0.05) is 11.4 Å². The maximum absolute atomic E-state index is 13.1. The lowest BCUT2D eigenvalue weighted by Crippen LogP contribution is -2.23. The molecular formula is C19H18ClNO. The number of hydrogen-bond donors (Lipinski definition) is 0. The molecule has 22 heavy (non-hydrogen) atoms. The average Bonchev–Trinajstić information content (AvgIpc) is 2.46. The van der Waals surface area contributed by atoms with E-state index in [0.29, 0.717) is 10.4 Å². The highest BCUT2D eigenvalue weighted by molar-refractivity contribution is 6.35. The molecule has 0 aliphatic heterocycles. The molecule has 0 amide bonds. The smallest absolute Gasteiger partial charge is 0.264 e. The van der Waals surface area contributed by atoms with Gasteiger partial charge in [-0.3, -0.25) is 9.36 Å². The minimum atomic E-state index is -0.0580. The molecule has 112 valence electrons. The first-order chi connectivity index (χ1) is 10.5. The van der Waals surface area contributed by atoms with E-state index in [1.807, 2.05) is 43.3 Å². The van der Waals surface area contributed by atoms with E-state index in [2.05, 4.69) is 19.9 Å². The van der Waals surface area contributed by atoms with Crippen molar-refractivity contribution in [2.75, 3.05) is 0 Å². The van der Waals surface area contributed by atoms with Gasteiger partial charge in [0.25, 0.3) is 5.56 Å². The first kappa shape index (κ1) is 14.9. The van der Waals surface area contributed by atoms with Gasteiger partial charge < -0.3 is 0 Å². The summed E-state index contributed by atoms with van der Waals surface area (Å²) in [4.78, 5) is 13.1. The van der Waals surface area contributed by atoms with Crippen LogP contribution in [0, 0.1) is 6.92 Å². The second-order valence-electron chi connectivity index (χ2n) is 5.91. The summed E-state index contributed by atoms with van der Waals surface area (Å²) in [7, 11) is 0. The number of rotatable bonds is 2. The van der Waals surface area contributed by atoms with Crippen LogP contribution in [0.4, 0.5) is 0 Å².